The summed E-state index contributed by atoms with van der Waals surface area (Å²) in [6.45, 7) is 1.89. The molecule has 2 N–H and O–H groups in total. The lowest BCUT2D eigenvalue weighted by Crippen LogP contribution is -2.03. The van der Waals surface area contributed by atoms with Gasteiger partial charge in [-0.15, -0.1) is 0 Å². The summed E-state index contributed by atoms with van der Waals surface area (Å²) in [5, 5.41) is 0. The number of anilines is 1. The predicted molar refractivity (Wildman–Crippen MR) is 73.1 cm³/mol. The smallest absolute Gasteiger partial charge is 0.193 e. The molecule has 0 aliphatic carbocycles. The second-order valence-corrected chi connectivity index (χ2v) is 5.00. The fraction of sp³-hybridized carbons (Fsp3) is 0.0714. The summed E-state index contributed by atoms with van der Waals surface area (Å²) in [5.74, 6) is -0.800. The van der Waals surface area contributed by atoms with Gasteiger partial charge in [-0.05, 0) is 48.9 Å². The van der Waals surface area contributed by atoms with Crippen molar-refractivity contribution in [2.75, 3.05) is 5.73 Å². The van der Waals surface area contributed by atoms with Crippen LogP contribution < -0.4 is 5.73 Å². The molecule has 92 valence electrons. The SMILES string of the molecule is Cc1cc(Br)cc(C(=O)c2ccc(N)c(F)c2)c1. The highest BCUT2D eigenvalue weighted by molar-refractivity contribution is 9.10. The Kier molecular flexibility index (Phi) is 3.48. The van der Waals surface area contributed by atoms with Gasteiger partial charge in [-0.25, -0.2) is 4.39 Å². The molecule has 18 heavy (non-hydrogen) atoms. The molecule has 2 rings (SSSR count). The van der Waals surface area contributed by atoms with Gasteiger partial charge in [0.25, 0.3) is 0 Å². The fourth-order valence-electron chi connectivity index (χ4n) is 1.70. The Morgan fingerprint density at radius 2 is 1.89 bits per heavy atom. The lowest BCUT2D eigenvalue weighted by molar-refractivity contribution is 0.103. The van der Waals surface area contributed by atoms with Gasteiger partial charge in [0.05, 0.1) is 5.69 Å². The molecule has 0 atom stereocenters. The molecule has 0 unspecified atom stereocenters. The van der Waals surface area contributed by atoms with E-state index in [-0.39, 0.29) is 11.5 Å². The number of nitrogens with two attached hydrogens (primary N) is 1. The molecule has 0 aromatic heterocycles. The van der Waals surface area contributed by atoms with Crippen molar-refractivity contribution in [3.63, 3.8) is 0 Å². The Balaban J connectivity index is 2.44. The second kappa shape index (κ2) is 4.90. The number of nitrogen functional groups attached to an aromatic ring is 1. The van der Waals surface area contributed by atoms with Crippen molar-refractivity contribution in [1.82, 2.24) is 0 Å². The van der Waals surface area contributed by atoms with Crippen LogP contribution >= 0.6 is 15.9 Å². The summed E-state index contributed by atoms with van der Waals surface area (Å²) >= 11 is 3.33. The third kappa shape index (κ3) is 2.59. The van der Waals surface area contributed by atoms with Gasteiger partial charge in [0.15, 0.2) is 5.78 Å². The number of carbonyl (C=O) groups excluding carboxylic acids is 1. The number of aryl methyl sites for hydroxylation is 1. The Hall–Kier alpha value is -1.68. The average molecular weight is 308 g/mol. The van der Waals surface area contributed by atoms with Crippen LogP contribution in [0.15, 0.2) is 40.9 Å². The first-order valence-corrected chi connectivity index (χ1v) is 6.13. The predicted octanol–water partition coefficient (Wildman–Crippen LogP) is 3.71. The quantitative estimate of drug-likeness (QED) is 0.679. The van der Waals surface area contributed by atoms with Crippen LogP contribution in [-0.4, -0.2) is 5.78 Å². The monoisotopic (exact) mass is 307 g/mol. The van der Waals surface area contributed by atoms with Gasteiger partial charge in [-0.1, -0.05) is 15.9 Å². The van der Waals surface area contributed by atoms with Gasteiger partial charge in [0, 0.05) is 15.6 Å². The van der Waals surface area contributed by atoms with Gasteiger partial charge in [0.2, 0.25) is 0 Å². The normalized spacial score (nSPS) is 10.4. The average Bonchev–Trinajstić information content (AvgIpc) is 2.30. The van der Waals surface area contributed by atoms with E-state index in [1.54, 1.807) is 12.1 Å². The molecule has 0 amide bonds. The van der Waals surface area contributed by atoms with E-state index in [0.717, 1.165) is 16.1 Å². The molecule has 0 saturated heterocycles. The van der Waals surface area contributed by atoms with Crippen molar-refractivity contribution in [3.8, 4) is 0 Å². The third-order valence-corrected chi connectivity index (χ3v) is 3.02. The Bertz CT molecular complexity index is 605. The zero-order valence-electron chi connectivity index (χ0n) is 9.71. The van der Waals surface area contributed by atoms with E-state index in [4.69, 9.17) is 5.73 Å². The molecule has 2 nitrogen and oxygen atoms in total. The first-order chi connectivity index (χ1) is 8.47. The van der Waals surface area contributed by atoms with Gasteiger partial charge in [-0.2, -0.15) is 0 Å². The van der Waals surface area contributed by atoms with E-state index in [9.17, 15) is 9.18 Å². The van der Waals surface area contributed by atoms with Crippen molar-refractivity contribution in [2.45, 2.75) is 6.92 Å². The molecule has 4 heteroatoms. The van der Waals surface area contributed by atoms with Crippen LogP contribution in [0.2, 0.25) is 0 Å². The maximum atomic E-state index is 13.3. The number of benzene rings is 2. The number of carbonyl (C=O) groups is 1. The Labute approximate surface area is 113 Å². The van der Waals surface area contributed by atoms with Crippen LogP contribution in [0, 0.1) is 12.7 Å². The standard InChI is InChI=1S/C14H11BrFNO/c1-8-4-10(6-11(15)5-8)14(18)9-2-3-13(17)12(16)7-9/h2-7H,17H2,1H3. The van der Waals surface area contributed by atoms with Crippen molar-refractivity contribution in [3.05, 3.63) is 63.4 Å². The number of ketones is 1. The largest absolute Gasteiger partial charge is 0.396 e. The van der Waals surface area contributed by atoms with Gasteiger partial charge < -0.3 is 5.73 Å². The van der Waals surface area contributed by atoms with E-state index in [0.29, 0.717) is 11.1 Å². The number of rotatable bonds is 2. The van der Waals surface area contributed by atoms with E-state index in [1.165, 1.54) is 12.1 Å². The molecule has 0 aliphatic rings. The van der Waals surface area contributed by atoms with Gasteiger partial charge >= 0.3 is 0 Å². The minimum absolute atomic E-state index is 0.0389. The van der Waals surface area contributed by atoms with Crippen LogP contribution in [-0.2, 0) is 0 Å². The molecule has 0 heterocycles. The Morgan fingerprint density at radius 3 is 2.50 bits per heavy atom. The van der Waals surface area contributed by atoms with E-state index >= 15 is 0 Å². The molecule has 0 saturated carbocycles. The molecule has 0 fully saturated rings. The third-order valence-electron chi connectivity index (χ3n) is 2.57. The first kappa shape index (κ1) is 12.8. The molecular formula is C14H11BrFNO. The van der Waals surface area contributed by atoms with Crippen LogP contribution in [0.4, 0.5) is 10.1 Å². The molecule has 0 bridgehead atoms. The zero-order valence-corrected chi connectivity index (χ0v) is 11.3. The van der Waals surface area contributed by atoms with Crippen molar-refractivity contribution in [2.24, 2.45) is 0 Å². The van der Waals surface area contributed by atoms with Crippen LogP contribution in [0.25, 0.3) is 0 Å². The second-order valence-electron chi connectivity index (χ2n) is 4.08. The summed E-state index contributed by atoms with van der Waals surface area (Å²) in [5.41, 5.74) is 7.19. The summed E-state index contributed by atoms with van der Waals surface area (Å²) in [4.78, 5) is 12.2. The minimum atomic E-state index is -0.576. The summed E-state index contributed by atoms with van der Waals surface area (Å²) in [6, 6.07) is 9.46. The first-order valence-electron chi connectivity index (χ1n) is 5.34. The molecule has 2 aromatic carbocycles. The topological polar surface area (TPSA) is 43.1 Å². The highest BCUT2D eigenvalue weighted by Gasteiger charge is 2.12. The number of hydrogen-bond acceptors (Lipinski definition) is 2. The van der Waals surface area contributed by atoms with Gasteiger partial charge in [-0.3, -0.25) is 4.79 Å². The van der Waals surface area contributed by atoms with E-state index in [1.807, 2.05) is 13.0 Å². The lowest BCUT2D eigenvalue weighted by atomic mass is 10.0. The summed E-state index contributed by atoms with van der Waals surface area (Å²) < 4.78 is 14.1. The molecule has 2 aromatic rings. The van der Waals surface area contributed by atoms with Crippen LogP contribution in [0.3, 0.4) is 0 Å². The minimum Gasteiger partial charge on any atom is -0.396 e. The molecule has 0 spiro atoms. The summed E-state index contributed by atoms with van der Waals surface area (Å²) in [7, 11) is 0. The van der Waals surface area contributed by atoms with Gasteiger partial charge in [0.1, 0.15) is 5.82 Å². The number of hydrogen-bond donors (Lipinski definition) is 1. The molecule has 0 radical (unpaired) electrons. The fourth-order valence-corrected chi connectivity index (χ4v) is 2.31. The van der Waals surface area contributed by atoms with Crippen LogP contribution in [0.1, 0.15) is 21.5 Å². The maximum absolute atomic E-state index is 13.3. The molecular weight excluding hydrogens is 297 g/mol. The van der Waals surface area contributed by atoms with Crippen molar-refractivity contribution in [1.29, 1.82) is 0 Å². The highest BCUT2D eigenvalue weighted by Crippen LogP contribution is 2.20. The molecule has 0 aliphatic heterocycles. The summed E-state index contributed by atoms with van der Waals surface area (Å²) in [6.07, 6.45) is 0. The lowest BCUT2D eigenvalue weighted by Gasteiger charge is -2.05. The van der Waals surface area contributed by atoms with E-state index < -0.39 is 5.82 Å². The van der Waals surface area contributed by atoms with E-state index in [2.05, 4.69) is 15.9 Å². The van der Waals surface area contributed by atoms with Crippen molar-refractivity contribution < 1.29 is 9.18 Å². The van der Waals surface area contributed by atoms with Crippen LogP contribution in [0.5, 0.6) is 0 Å². The zero-order chi connectivity index (χ0) is 13.3. The number of halogens is 2. The maximum Gasteiger partial charge on any atom is 0.193 e. The van der Waals surface area contributed by atoms with Crippen molar-refractivity contribution >= 4 is 27.4 Å². The highest BCUT2D eigenvalue weighted by atomic mass is 79.9. The Morgan fingerprint density at radius 1 is 1.17 bits per heavy atom.